The highest BCUT2D eigenvalue weighted by atomic mass is 28.3. The largest absolute Gasteiger partial charge is 0.113 e. The lowest BCUT2D eigenvalue weighted by Gasteiger charge is -2.23. The Kier molecular flexibility index (Phi) is 6.50. The second-order valence-electron chi connectivity index (χ2n) is 15.3. The first-order chi connectivity index (χ1) is 26.0. The quantitative estimate of drug-likeness (QED) is 0.128. The monoisotopic (exact) mass is 688 g/mol. The van der Waals surface area contributed by atoms with Gasteiger partial charge in [0.2, 0.25) is 0 Å². The van der Waals surface area contributed by atoms with Crippen molar-refractivity contribution in [3.63, 3.8) is 0 Å². The molecule has 1 aliphatic heterocycles. The summed E-state index contributed by atoms with van der Waals surface area (Å²) in [5.74, 6) is 0. The van der Waals surface area contributed by atoms with Crippen molar-refractivity contribution in [2.24, 2.45) is 0 Å². The van der Waals surface area contributed by atoms with Crippen molar-refractivity contribution < 1.29 is 0 Å². The van der Waals surface area contributed by atoms with Gasteiger partial charge in [-0.3, -0.25) is 0 Å². The van der Waals surface area contributed by atoms with E-state index >= 15 is 0 Å². The molecule has 10 aromatic rings. The van der Waals surface area contributed by atoms with Gasteiger partial charge < -0.3 is 0 Å². The molecule has 0 amide bonds. The van der Waals surface area contributed by atoms with Gasteiger partial charge in [-0.2, -0.15) is 0 Å². The van der Waals surface area contributed by atoms with Crippen LogP contribution < -0.4 is 10.4 Å². The van der Waals surface area contributed by atoms with Crippen molar-refractivity contribution in [1.82, 2.24) is 0 Å². The summed E-state index contributed by atoms with van der Waals surface area (Å²) in [4.78, 5) is 0. The fourth-order valence-electron chi connectivity index (χ4n) is 9.28. The Labute approximate surface area is 310 Å². The van der Waals surface area contributed by atoms with Gasteiger partial charge in [0.1, 0.15) is 8.07 Å². The smallest absolute Gasteiger partial charge is 0.0623 e. The maximum Gasteiger partial charge on any atom is 0.113 e. The van der Waals surface area contributed by atoms with E-state index < -0.39 is 8.07 Å². The third kappa shape index (κ3) is 4.61. The number of hydrogen-bond donors (Lipinski definition) is 0. The average molecular weight is 689 g/mol. The highest BCUT2D eigenvalue weighted by Crippen LogP contribution is 2.47. The predicted octanol–water partition coefficient (Wildman–Crippen LogP) is 13.3. The molecular weight excluding hydrogens is 653 g/mol. The van der Waals surface area contributed by atoms with Gasteiger partial charge in [0.15, 0.2) is 0 Å². The highest BCUT2D eigenvalue weighted by Gasteiger charge is 2.38. The molecule has 248 valence electrons. The van der Waals surface area contributed by atoms with Crippen LogP contribution in [-0.4, -0.2) is 8.07 Å². The van der Waals surface area contributed by atoms with Gasteiger partial charge in [-0.1, -0.05) is 165 Å². The molecule has 53 heavy (non-hydrogen) atoms. The van der Waals surface area contributed by atoms with Crippen LogP contribution in [0.3, 0.4) is 0 Å². The van der Waals surface area contributed by atoms with Gasteiger partial charge in [0.25, 0.3) is 0 Å². The summed E-state index contributed by atoms with van der Waals surface area (Å²) in [5.41, 5.74) is 10.4. The number of hydrogen-bond acceptors (Lipinski definition) is 0. The van der Waals surface area contributed by atoms with E-state index in [0.29, 0.717) is 0 Å². The Balaban J connectivity index is 1.31. The van der Waals surface area contributed by atoms with Crippen LogP contribution in [0.2, 0.25) is 13.1 Å². The van der Waals surface area contributed by atoms with Crippen molar-refractivity contribution in [1.29, 1.82) is 0 Å². The van der Waals surface area contributed by atoms with Gasteiger partial charge in [-0.15, -0.1) is 0 Å². The molecule has 0 nitrogen and oxygen atoms in total. The maximum absolute atomic E-state index is 2.61. The van der Waals surface area contributed by atoms with Crippen LogP contribution in [0.5, 0.6) is 0 Å². The number of fused-ring (bicyclic) bond motifs is 8. The van der Waals surface area contributed by atoms with Crippen molar-refractivity contribution >= 4 is 72.3 Å². The molecule has 0 bridgehead atoms. The highest BCUT2D eigenvalue weighted by molar-refractivity contribution is 7.04. The van der Waals surface area contributed by atoms with E-state index in [1.807, 2.05) is 0 Å². The molecule has 0 spiro atoms. The van der Waals surface area contributed by atoms with Crippen LogP contribution in [0.4, 0.5) is 0 Å². The zero-order chi connectivity index (χ0) is 35.3. The summed E-state index contributed by atoms with van der Waals surface area (Å²) in [6.45, 7) is 5.06. The van der Waals surface area contributed by atoms with E-state index in [-0.39, 0.29) is 0 Å². The van der Waals surface area contributed by atoms with E-state index in [9.17, 15) is 0 Å². The van der Waals surface area contributed by atoms with E-state index in [1.165, 1.54) is 109 Å². The first-order valence-electron chi connectivity index (χ1n) is 18.7. The van der Waals surface area contributed by atoms with Crippen molar-refractivity contribution in [3.8, 4) is 44.5 Å². The van der Waals surface area contributed by atoms with Gasteiger partial charge in [0.05, 0.1) is 0 Å². The third-order valence-electron chi connectivity index (χ3n) is 12.0. The van der Waals surface area contributed by atoms with E-state index in [0.717, 1.165) is 0 Å². The summed E-state index contributed by atoms with van der Waals surface area (Å²) in [6.07, 6.45) is 0. The lowest BCUT2D eigenvalue weighted by atomic mass is 9.83. The average Bonchev–Trinajstić information content (AvgIpc) is 3.43. The molecule has 10 aromatic carbocycles. The molecule has 0 aliphatic carbocycles. The van der Waals surface area contributed by atoms with Crippen LogP contribution in [0.15, 0.2) is 182 Å². The number of benzene rings is 10. The Hall–Kier alpha value is -6.28. The number of rotatable bonds is 3. The lowest BCUT2D eigenvalue weighted by Crippen LogP contribution is -2.49. The minimum absolute atomic E-state index is 1.23. The van der Waals surface area contributed by atoms with E-state index in [4.69, 9.17) is 0 Å². The molecule has 0 saturated heterocycles. The summed E-state index contributed by atoms with van der Waals surface area (Å²) < 4.78 is 0. The fraction of sp³-hybridized carbons (Fsp3) is 0.0385. The fourth-order valence-corrected chi connectivity index (χ4v) is 12.4. The molecule has 0 aromatic heterocycles. The molecule has 0 N–H and O–H groups in total. The van der Waals surface area contributed by atoms with Crippen LogP contribution in [0.25, 0.3) is 98.4 Å². The van der Waals surface area contributed by atoms with Crippen molar-refractivity contribution in [2.45, 2.75) is 13.1 Å². The molecular formula is C52H36Si. The second kappa shape index (κ2) is 11.4. The predicted molar refractivity (Wildman–Crippen MR) is 232 cm³/mol. The lowest BCUT2D eigenvalue weighted by molar-refractivity contribution is 1.66. The van der Waals surface area contributed by atoms with Gasteiger partial charge in [-0.25, -0.2) is 0 Å². The molecule has 0 fully saturated rings. The minimum Gasteiger partial charge on any atom is -0.0623 e. The van der Waals surface area contributed by atoms with Crippen molar-refractivity contribution in [3.05, 3.63) is 182 Å². The topological polar surface area (TPSA) is 0 Å². The third-order valence-corrected chi connectivity index (χ3v) is 15.5. The first-order valence-corrected chi connectivity index (χ1v) is 21.7. The minimum atomic E-state index is -1.96. The Morgan fingerprint density at radius 2 is 0.717 bits per heavy atom. The van der Waals surface area contributed by atoms with Crippen LogP contribution in [0, 0.1) is 0 Å². The van der Waals surface area contributed by atoms with Crippen LogP contribution in [-0.2, 0) is 0 Å². The Bertz CT molecular complexity index is 3150. The molecule has 1 heteroatoms. The molecule has 0 radical (unpaired) electrons. The molecule has 1 heterocycles. The molecule has 0 saturated carbocycles. The molecule has 1 aliphatic rings. The van der Waals surface area contributed by atoms with E-state index in [1.54, 1.807) is 0 Å². The molecule has 0 atom stereocenters. The SMILES string of the molecule is C[Si]1(C)c2ccccc2-c2cc3c(-c4ccc5ccccc5c4)c4ccc(-c5ccc6ccccc6c5)cc4c(-c4ccc5ccccc5c4)c3cc21. The summed E-state index contributed by atoms with van der Waals surface area (Å²) in [6, 6.07) is 68.6. The first kappa shape index (κ1) is 30.4. The van der Waals surface area contributed by atoms with Crippen LogP contribution >= 0.6 is 0 Å². The summed E-state index contributed by atoms with van der Waals surface area (Å²) in [5, 5.41) is 15.9. The zero-order valence-electron chi connectivity index (χ0n) is 29.8. The molecule has 0 unspecified atom stereocenters. The van der Waals surface area contributed by atoms with Gasteiger partial charge in [-0.05, 0) is 139 Å². The Morgan fingerprint density at radius 3 is 1.34 bits per heavy atom. The Morgan fingerprint density at radius 1 is 0.283 bits per heavy atom. The summed E-state index contributed by atoms with van der Waals surface area (Å²) >= 11 is 0. The van der Waals surface area contributed by atoms with Gasteiger partial charge >= 0.3 is 0 Å². The zero-order valence-corrected chi connectivity index (χ0v) is 30.8. The van der Waals surface area contributed by atoms with Gasteiger partial charge in [0, 0.05) is 0 Å². The normalized spacial score (nSPS) is 13.2. The maximum atomic E-state index is 2.61. The van der Waals surface area contributed by atoms with Crippen LogP contribution in [0.1, 0.15) is 0 Å². The standard InChI is InChI=1S/C52H36Si/c1-53(2)49-18-10-9-17-43(49)45-31-47-48(32-50(45)53)52(42-24-21-35-13-5-8-16-38(35)29-42)46-30-40(39-22-19-33-11-3-6-14-36(33)27-39)25-26-44(46)51(47)41-23-20-34-12-4-7-15-37(34)28-41/h3-32H,1-2H3. The molecule has 11 rings (SSSR count). The van der Waals surface area contributed by atoms with E-state index in [2.05, 4.69) is 195 Å². The second-order valence-corrected chi connectivity index (χ2v) is 19.6. The van der Waals surface area contributed by atoms with Crippen molar-refractivity contribution in [2.75, 3.05) is 0 Å². The summed E-state index contributed by atoms with van der Waals surface area (Å²) in [7, 11) is -1.96.